The van der Waals surface area contributed by atoms with Gasteiger partial charge in [-0.1, -0.05) is 0 Å². The molecule has 0 aliphatic rings. The lowest BCUT2D eigenvalue weighted by Gasteiger charge is -2.07. The minimum atomic E-state index is -0.774. The van der Waals surface area contributed by atoms with E-state index < -0.39 is 29.3 Å². The van der Waals surface area contributed by atoms with Gasteiger partial charge < -0.3 is 14.4 Å². The smallest absolute Gasteiger partial charge is 0.346 e. The molecule has 15 heteroatoms. The number of H-pyrrole nitrogens is 2. The Kier molecular flexibility index (Phi) is 9.72. The number of nitrogens with one attached hydrogen (secondary N) is 4. The molecular weight excluding hydrogens is 444 g/mol. The molecule has 0 unspecified atom stereocenters. The van der Waals surface area contributed by atoms with E-state index in [4.69, 9.17) is 9.57 Å². The van der Waals surface area contributed by atoms with Crippen LogP contribution in [0, 0.1) is 0 Å². The third-order valence-corrected chi connectivity index (χ3v) is 3.68. The lowest BCUT2D eigenvalue weighted by molar-refractivity contribution is -0.149. The number of hydrogen-bond donors (Lipinski definition) is 4. The van der Waals surface area contributed by atoms with Gasteiger partial charge in [-0.05, 0) is 0 Å². The topological polar surface area (TPSA) is 212 Å². The van der Waals surface area contributed by atoms with Gasteiger partial charge in [0.1, 0.15) is 17.4 Å². The summed E-state index contributed by atoms with van der Waals surface area (Å²) in [5.41, 5.74) is 3.17. The molecule has 0 amide bonds. The van der Waals surface area contributed by atoms with Crippen LogP contribution in [0.2, 0.25) is 0 Å². The highest BCUT2D eigenvalue weighted by Crippen LogP contribution is 2.03. The fraction of sp³-hybridized carbons (Fsp3) is 0.333. The number of anilines is 2. The van der Waals surface area contributed by atoms with Crippen LogP contribution in [-0.2, 0) is 33.6 Å². The van der Waals surface area contributed by atoms with Gasteiger partial charge in [-0.15, -0.1) is 0 Å². The Morgan fingerprint density at radius 2 is 1.21 bits per heavy atom. The van der Waals surface area contributed by atoms with Crippen molar-refractivity contribution in [3.63, 3.8) is 0 Å². The molecule has 0 aromatic carbocycles. The van der Waals surface area contributed by atoms with Crippen molar-refractivity contribution in [1.82, 2.24) is 19.9 Å². The van der Waals surface area contributed by atoms with E-state index in [2.05, 4.69) is 35.7 Å². The van der Waals surface area contributed by atoms with E-state index in [0.29, 0.717) is 0 Å². The molecule has 0 aliphatic carbocycles. The second kappa shape index (κ2) is 13.0. The van der Waals surface area contributed by atoms with Crippen molar-refractivity contribution in [1.29, 1.82) is 0 Å². The number of hydrogen-bond acceptors (Lipinski definition) is 13. The van der Waals surface area contributed by atoms with Crippen molar-refractivity contribution in [2.75, 3.05) is 17.6 Å². The highest BCUT2D eigenvalue weighted by molar-refractivity contribution is 5.83. The number of aromatic nitrogens is 4. The molecule has 0 spiro atoms. The molecule has 176 valence electrons. The minimum absolute atomic E-state index is 0.108. The standard InChI is InChI=1S/C18H20N6O9/c25-11(1-2-15(27)32-23-12-5-8-19-17(29)21-12)7-10-31-14(26)3-4-16(28)33-24-13-6-9-20-18(30)22-13/h5-6,8-9H,1-4,7,10H2,(H2,19,21,23,29)(H2,20,22,24,30). The molecule has 33 heavy (non-hydrogen) atoms. The van der Waals surface area contributed by atoms with Crippen molar-refractivity contribution in [3.05, 3.63) is 45.5 Å². The summed E-state index contributed by atoms with van der Waals surface area (Å²) in [5, 5.41) is 0. The second-order valence-corrected chi connectivity index (χ2v) is 6.24. The van der Waals surface area contributed by atoms with Crippen LogP contribution in [-0.4, -0.2) is 50.2 Å². The first-order chi connectivity index (χ1) is 15.8. The molecule has 0 fully saturated rings. The number of ether oxygens (including phenoxy) is 1. The molecule has 0 saturated heterocycles. The minimum Gasteiger partial charge on any atom is -0.465 e. The summed E-state index contributed by atoms with van der Waals surface area (Å²) in [7, 11) is 0. The van der Waals surface area contributed by atoms with Crippen LogP contribution in [0.3, 0.4) is 0 Å². The van der Waals surface area contributed by atoms with Crippen molar-refractivity contribution in [2.45, 2.75) is 32.1 Å². The van der Waals surface area contributed by atoms with Gasteiger partial charge in [0.25, 0.3) is 0 Å². The van der Waals surface area contributed by atoms with E-state index >= 15 is 0 Å². The highest BCUT2D eigenvalue weighted by atomic mass is 16.7. The summed E-state index contributed by atoms with van der Waals surface area (Å²) in [5.74, 6) is -2.34. The van der Waals surface area contributed by atoms with Gasteiger partial charge in [0, 0.05) is 37.4 Å². The van der Waals surface area contributed by atoms with Crippen molar-refractivity contribution in [2.24, 2.45) is 0 Å². The normalized spacial score (nSPS) is 10.1. The number of ketones is 1. The largest absolute Gasteiger partial charge is 0.465 e. The van der Waals surface area contributed by atoms with Gasteiger partial charge in [-0.2, -0.15) is 0 Å². The van der Waals surface area contributed by atoms with E-state index in [1.54, 1.807) is 0 Å². The van der Waals surface area contributed by atoms with Crippen molar-refractivity contribution in [3.8, 4) is 0 Å². The monoisotopic (exact) mass is 464 g/mol. The predicted octanol–water partition coefficient (Wildman–Crippen LogP) is -0.644. The average molecular weight is 464 g/mol. The van der Waals surface area contributed by atoms with E-state index in [0.717, 1.165) is 0 Å². The predicted molar refractivity (Wildman–Crippen MR) is 108 cm³/mol. The molecular formula is C18H20N6O9. The fourth-order valence-corrected chi connectivity index (χ4v) is 2.10. The summed E-state index contributed by atoms with van der Waals surface area (Å²) >= 11 is 0. The first-order valence-corrected chi connectivity index (χ1v) is 9.51. The summed E-state index contributed by atoms with van der Waals surface area (Å²) in [6, 6.07) is 2.73. The zero-order valence-corrected chi connectivity index (χ0v) is 17.1. The van der Waals surface area contributed by atoms with Crippen LogP contribution in [0.4, 0.5) is 11.6 Å². The van der Waals surface area contributed by atoms with E-state index in [1.165, 1.54) is 24.5 Å². The highest BCUT2D eigenvalue weighted by Gasteiger charge is 2.12. The molecule has 0 radical (unpaired) electrons. The quantitative estimate of drug-likeness (QED) is 0.165. The molecule has 2 aromatic rings. The first-order valence-electron chi connectivity index (χ1n) is 9.51. The summed E-state index contributed by atoms with van der Waals surface area (Å²) in [4.78, 5) is 89.3. The fourth-order valence-electron chi connectivity index (χ4n) is 2.10. The Balaban J connectivity index is 1.52. The average Bonchev–Trinajstić information content (AvgIpc) is 2.79. The third-order valence-electron chi connectivity index (χ3n) is 3.68. The van der Waals surface area contributed by atoms with Crippen LogP contribution >= 0.6 is 0 Å². The molecule has 2 rings (SSSR count). The Labute approximate surface area is 184 Å². The lowest BCUT2D eigenvalue weighted by atomic mass is 10.2. The molecule has 2 heterocycles. The molecule has 4 N–H and O–H groups in total. The van der Waals surface area contributed by atoms with Crippen LogP contribution in [0.5, 0.6) is 0 Å². The van der Waals surface area contributed by atoms with Crippen LogP contribution in [0.1, 0.15) is 32.1 Å². The molecule has 0 aliphatic heterocycles. The van der Waals surface area contributed by atoms with E-state index in [1.807, 2.05) is 0 Å². The molecule has 0 atom stereocenters. The van der Waals surface area contributed by atoms with Gasteiger partial charge in [-0.25, -0.2) is 40.1 Å². The number of aromatic amines is 2. The van der Waals surface area contributed by atoms with E-state index in [9.17, 15) is 28.8 Å². The van der Waals surface area contributed by atoms with Crippen LogP contribution < -0.4 is 22.3 Å². The Morgan fingerprint density at radius 3 is 1.73 bits per heavy atom. The SMILES string of the molecule is O=C(CCOC(=O)CCC(=O)ONc1ccnc(=O)[nH]1)CCC(=O)ONc1ccnc(=O)[nH]1. The maximum atomic E-state index is 11.8. The third kappa shape index (κ3) is 10.3. The van der Waals surface area contributed by atoms with Crippen LogP contribution in [0.25, 0.3) is 0 Å². The lowest BCUT2D eigenvalue weighted by Crippen LogP contribution is -2.18. The zero-order valence-electron chi connectivity index (χ0n) is 17.1. The molecule has 15 nitrogen and oxygen atoms in total. The molecule has 0 saturated carbocycles. The first kappa shape index (κ1) is 24.7. The molecule has 2 aromatic heterocycles. The Hall–Kier alpha value is -4.56. The Morgan fingerprint density at radius 1 is 0.727 bits per heavy atom. The Bertz CT molecular complexity index is 1010. The number of esters is 1. The zero-order chi connectivity index (χ0) is 24.1. The summed E-state index contributed by atoms with van der Waals surface area (Å²) in [6.45, 7) is -0.214. The number of nitrogens with zero attached hydrogens (tertiary/aromatic N) is 2. The summed E-state index contributed by atoms with van der Waals surface area (Å²) in [6.07, 6.45) is 1.36. The van der Waals surface area contributed by atoms with Gasteiger partial charge in [0.15, 0.2) is 0 Å². The van der Waals surface area contributed by atoms with Crippen molar-refractivity contribution < 1.29 is 33.6 Å². The van der Waals surface area contributed by atoms with Gasteiger partial charge in [-0.3, -0.25) is 19.6 Å². The van der Waals surface area contributed by atoms with Gasteiger partial charge >= 0.3 is 29.3 Å². The molecule has 0 bridgehead atoms. The van der Waals surface area contributed by atoms with E-state index in [-0.39, 0.29) is 56.1 Å². The number of rotatable bonds is 13. The number of carbonyl (C=O) groups excluding carboxylic acids is 4. The van der Waals surface area contributed by atoms with Gasteiger partial charge in [0.05, 0.1) is 25.9 Å². The number of carbonyl (C=O) groups is 4. The second-order valence-electron chi connectivity index (χ2n) is 6.24. The van der Waals surface area contributed by atoms with Crippen molar-refractivity contribution >= 4 is 35.3 Å². The van der Waals surface area contributed by atoms with Gasteiger partial charge in [0.2, 0.25) is 0 Å². The maximum absolute atomic E-state index is 11.8. The van der Waals surface area contributed by atoms with Crippen LogP contribution in [0.15, 0.2) is 34.1 Å². The summed E-state index contributed by atoms with van der Waals surface area (Å²) < 4.78 is 4.85. The number of Topliss-reactive ketones (excluding diaryl/α,β-unsaturated/α-hetero) is 1. The maximum Gasteiger partial charge on any atom is 0.346 e.